The van der Waals surface area contributed by atoms with E-state index in [1.807, 2.05) is 0 Å². The Kier molecular flexibility index (Phi) is 3.39. The van der Waals surface area contributed by atoms with Crippen LogP contribution in [-0.2, 0) is 0 Å². The van der Waals surface area contributed by atoms with E-state index in [0.717, 1.165) is 18.2 Å². The predicted molar refractivity (Wildman–Crippen MR) is 68.8 cm³/mol. The van der Waals surface area contributed by atoms with Crippen LogP contribution in [-0.4, -0.2) is 21.7 Å². The summed E-state index contributed by atoms with van der Waals surface area (Å²) in [5.41, 5.74) is -0.968. The van der Waals surface area contributed by atoms with Crippen LogP contribution in [0.4, 0.5) is 28.9 Å². The zero-order chi connectivity index (χ0) is 16.6. The molecule has 11 heteroatoms. The summed E-state index contributed by atoms with van der Waals surface area (Å²) in [6.45, 7) is 0. The first-order valence-electron chi connectivity index (χ1n) is 6.00. The van der Waals surface area contributed by atoms with Crippen molar-refractivity contribution in [2.75, 3.05) is 5.32 Å². The van der Waals surface area contributed by atoms with Gasteiger partial charge in [-0.25, -0.2) is 9.02 Å². The number of nitrogens with zero attached hydrogens (tertiary/aromatic N) is 2. The summed E-state index contributed by atoms with van der Waals surface area (Å²) in [5.74, 6) is -2.33. The normalized spacial score (nSPS) is 11.7. The van der Waals surface area contributed by atoms with E-state index in [2.05, 4.69) is 30.0 Å². The number of halogens is 4. The maximum atomic E-state index is 14.0. The molecular weight excluding hydrogens is 324 g/mol. The van der Waals surface area contributed by atoms with Gasteiger partial charge in [0.15, 0.2) is 17.1 Å². The van der Waals surface area contributed by atoms with Crippen LogP contribution in [0.15, 0.2) is 33.7 Å². The van der Waals surface area contributed by atoms with E-state index in [1.165, 1.54) is 6.07 Å². The highest BCUT2D eigenvalue weighted by Gasteiger charge is 2.32. The lowest BCUT2D eigenvalue weighted by atomic mass is 10.2. The maximum Gasteiger partial charge on any atom is 0.573 e. The molecule has 120 valence electrons. The molecular formula is C12H6F4N4O3. The van der Waals surface area contributed by atoms with E-state index in [0.29, 0.717) is 0 Å². The van der Waals surface area contributed by atoms with E-state index >= 15 is 0 Å². The molecule has 7 nitrogen and oxygen atoms in total. The van der Waals surface area contributed by atoms with Crippen LogP contribution in [0.5, 0.6) is 5.75 Å². The number of alkyl halides is 3. The summed E-state index contributed by atoms with van der Waals surface area (Å²) in [7, 11) is 0. The molecule has 0 aliphatic rings. The van der Waals surface area contributed by atoms with Crippen molar-refractivity contribution in [3.05, 3.63) is 40.4 Å². The van der Waals surface area contributed by atoms with Gasteiger partial charge in [0, 0.05) is 6.07 Å². The minimum atomic E-state index is -5.04. The Morgan fingerprint density at radius 1 is 1.22 bits per heavy atom. The number of pyridine rings is 1. The van der Waals surface area contributed by atoms with Crippen LogP contribution in [0.3, 0.4) is 0 Å². The van der Waals surface area contributed by atoms with E-state index < -0.39 is 23.5 Å². The van der Waals surface area contributed by atoms with Gasteiger partial charge in [-0.2, -0.15) is 0 Å². The van der Waals surface area contributed by atoms with E-state index in [-0.39, 0.29) is 22.5 Å². The van der Waals surface area contributed by atoms with Gasteiger partial charge in [-0.05, 0) is 22.4 Å². The molecule has 1 aromatic carbocycles. The summed E-state index contributed by atoms with van der Waals surface area (Å²) in [4.78, 5) is 14.1. The second-order valence-corrected chi connectivity index (χ2v) is 4.30. The van der Waals surface area contributed by atoms with Crippen LogP contribution < -0.4 is 15.6 Å². The number of aromatic amines is 1. The summed E-state index contributed by atoms with van der Waals surface area (Å²) in [5, 5.41) is 9.27. The third-order valence-electron chi connectivity index (χ3n) is 2.73. The Labute approximate surface area is 123 Å². The number of fused-ring (bicyclic) bond motifs is 1. The number of aromatic nitrogens is 3. The Bertz CT molecular complexity index is 919. The van der Waals surface area contributed by atoms with Gasteiger partial charge in [-0.1, -0.05) is 6.07 Å². The van der Waals surface area contributed by atoms with Gasteiger partial charge in [0.25, 0.3) is 5.56 Å². The number of benzene rings is 1. The monoisotopic (exact) mass is 330 g/mol. The van der Waals surface area contributed by atoms with Crippen LogP contribution in [0.1, 0.15) is 0 Å². The zero-order valence-corrected chi connectivity index (χ0v) is 10.9. The van der Waals surface area contributed by atoms with Crippen LogP contribution in [0.25, 0.3) is 11.2 Å². The lowest BCUT2D eigenvalue weighted by molar-refractivity contribution is -0.275. The fourth-order valence-corrected chi connectivity index (χ4v) is 1.80. The predicted octanol–water partition coefficient (Wildman–Crippen LogP) is 2.69. The van der Waals surface area contributed by atoms with Crippen molar-refractivity contribution in [1.82, 2.24) is 15.3 Å². The number of rotatable bonds is 3. The first kappa shape index (κ1) is 14.8. The van der Waals surface area contributed by atoms with Gasteiger partial charge < -0.3 is 15.0 Å². The summed E-state index contributed by atoms with van der Waals surface area (Å²) >= 11 is 0. The molecule has 0 radical (unpaired) electrons. The molecule has 0 amide bonds. The van der Waals surface area contributed by atoms with E-state index in [9.17, 15) is 22.4 Å². The topological polar surface area (TPSA) is 93.0 Å². The third-order valence-corrected chi connectivity index (χ3v) is 2.73. The first-order valence-corrected chi connectivity index (χ1v) is 6.00. The molecule has 0 spiro atoms. The molecule has 0 saturated heterocycles. The Hall–Kier alpha value is -3.11. The van der Waals surface area contributed by atoms with Gasteiger partial charge in [0.05, 0.1) is 5.69 Å². The molecule has 3 rings (SSSR count). The van der Waals surface area contributed by atoms with E-state index in [4.69, 9.17) is 0 Å². The number of ether oxygens (including phenoxy) is 1. The Morgan fingerprint density at radius 3 is 2.74 bits per heavy atom. The van der Waals surface area contributed by atoms with Gasteiger partial charge in [-0.15, -0.1) is 13.2 Å². The second-order valence-electron chi connectivity index (χ2n) is 4.30. The molecule has 23 heavy (non-hydrogen) atoms. The average molecular weight is 330 g/mol. The summed E-state index contributed by atoms with van der Waals surface area (Å²) in [6, 6.07) is 4.30. The number of H-pyrrole nitrogens is 1. The highest BCUT2D eigenvalue weighted by molar-refractivity contribution is 5.75. The molecule has 0 aliphatic carbocycles. The van der Waals surface area contributed by atoms with Crippen LogP contribution in [0, 0.1) is 5.82 Å². The van der Waals surface area contributed by atoms with Crippen molar-refractivity contribution in [3.63, 3.8) is 0 Å². The van der Waals surface area contributed by atoms with Crippen LogP contribution in [0.2, 0.25) is 0 Å². The molecule has 0 atom stereocenters. The molecule has 2 heterocycles. The fraction of sp³-hybridized carbons (Fsp3) is 0.0833. The number of hydrogen-bond acceptors (Lipinski definition) is 6. The maximum absolute atomic E-state index is 14.0. The second kappa shape index (κ2) is 5.26. The highest BCUT2D eigenvalue weighted by atomic mass is 19.4. The number of anilines is 2. The number of hydrogen-bond donors (Lipinski definition) is 2. The standard InChI is InChI=1S/C12H6F4N4O3/c13-9-5(2-1-3-8(9)22-12(14,15)16)17-7-4-6-10(18-11(7)21)20-23-19-6/h1-4,17H,(H,18,20,21). The molecule has 3 aromatic rings. The molecule has 0 unspecified atom stereocenters. The Morgan fingerprint density at radius 2 is 2.00 bits per heavy atom. The van der Waals surface area contributed by atoms with Crippen molar-refractivity contribution in [2.24, 2.45) is 0 Å². The third kappa shape index (κ3) is 3.07. The van der Waals surface area contributed by atoms with Crippen molar-refractivity contribution in [3.8, 4) is 5.75 Å². The molecule has 2 N–H and O–H groups in total. The van der Waals surface area contributed by atoms with Gasteiger partial charge in [0.2, 0.25) is 5.65 Å². The van der Waals surface area contributed by atoms with Crippen molar-refractivity contribution in [1.29, 1.82) is 0 Å². The lowest BCUT2D eigenvalue weighted by Gasteiger charge is -2.12. The molecule has 0 bridgehead atoms. The van der Waals surface area contributed by atoms with Gasteiger partial charge in [0.1, 0.15) is 5.69 Å². The number of nitrogens with one attached hydrogen (secondary N) is 2. The molecule has 0 aliphatic heterocycles. The fourth-order valence-electron chi connectivity index (χ4n) is 1.80. The lowest BCUT2D eigenvalue weighted by Crippen LogP contribution is -2.18. The molecule has 2 aromatic heterocycles. The van der Waals surface area contributed by atoms with E-state index in [1.54, 1.807) is 0 Å². The smallest absolute Gasteiger partial charge is 0.403 e. The average Bonchev–Trinajstić information content (AvgIpc) is 2.89. The molecule has 0 fully saturated rings. The SMILES string of the molecule is O=c1[nH]c2nonc2cc1Nc1cccc(OC(F)(F)F)c1F. The largest absolute Gasteiger partial charge is 0.573 e. The summed E-state index contributed by atoms with van der Waals surface area (Å²) < 4.78 is 58.6. The van der Waals surface area contributed by atoms with Gasteiger partial charge in [-0.3, -0.25) is 4.79 Å². The minimum Gasteiger partial charge on any atom is -0.403 e. The summed E-state index contributed by atoms with van der Waals surface area (Å²) in [6.07, 6.45) is -5.04. The molecule has 0 saturated carbocycles. The zero-order valence-electron chi connectivity index (χ0n) is 10.9. The van der Waals surface area contributed by atoms with Crippen LogP contribution >= 0.6 is 0 Å². The van der Waals surface area contributed by atoms with Crippen molar-refractivity contribution in [2.45, 2.75) is 6.36 Å². The Balaban J connectivity index is 1.97. The first-order chi connectivity index (χ1) is 10.8. The minimum absolute atomic E-state index is 0.0789. The quantitative estimate of drug-likeness (QED) is 0.717. The van der Waals surface area contributed by atoms with Gasteiger partial charge >= 0.3 is 6.36 Å². The van der Waals surface area contributed by atoms with Crippen molar-refractivity contribution < 1.29 is 26.9 Å². The highest BCUT2D eigenvalue weighted by Crippen LogP contribution is 2.30. The van der Waals surface area contributed by atoms with Crippen molar-refractivity contribution >= 4 is 22.5 Å².